The first-order valence-electron chi connectivity index (χ1n) is 13.3. The number of anilines is 1. The molecule has 1 N–H and O–H groups in total. The van der Waals surface area contributed by atoms with Gasteiger partial charge in [-0.25, -0.2) is 12.8 Å². The third-order valence-corrected chi connectivity index (χ3v) is 8.83. The van der Waals surface area contributed by atoms with Crippen molar-refractivity contribution in [2.45, 2.75) is 50.7 Å². The lowest BCUT2D eigenvalue weighted by molar-refractivity contribution is -0.139. The number of hydrogen-bond acceptors (Lipinski definition) is 6. The number of nitrogens with zero attached hydrogens (tertiary/aromatic N) is 2. The molecule has 3 rings (SSSR count). The molecule has 0 aromatic heterocycles. The third-order valence-electron chi connectivity index (χ3n) is 6.80. The molecule has 226 valence electrons. The predicted molar refractivity (Wildman–Crippen MR) is 160 cm³/mol. The van der Waals surface area contributed by atoms with Gasteiger partial charge < -0.3 is 19.7 Å². The zero-order valence-corrected chi connectivity index (χ0v) is 25.7. The van der Waals surface area contributed by atoms with Crippen LogP contribution in [0.1, 0.15) is 32.8 Å². The number of carbonyl (C=O) groups is 2. The molecular formula is C30H35ClFN3O6S. The summed E-state index contributed by atoms with van der Waals surface area (Å²) in [6, 6.07) is 14.7. The molecule has 2 unspecified atom stereocenters. The van der Waals surface area contributed by atoms with E-state index in [0.29, 0.717) is 17.2 Å². The van der Waals surface area contributed by atoms with Gasteiger partial charge in [-0.05, 0) is 62.7 Å². The van der Waals surface area contributed by atoms with E-state index in [-0.39, 0.29) is 34.5 Å². The van der Waals surface area contributed by atoms with Gasteiger partial charge in [-0.3, -0.25) is 13.9 Å². The number of methoxy groups -OCH3 is 2. The van der Waals surface area contributed by atoms with Crippen LogP contribution in [0.15, 0.2) is 71.6 Å². The Balaban J connectivity index is 2.07. The highest BCUT2D eigenvalue weighted by Gasteiger charge is 2.33. The van der Waals surface area contributed by atoms with Crippen molar-refractivity contribution in [1.29, 1.82) is 0 Å². The molecule has 42 heavy (non-hydrogen) atoms. The lowest BCUT2D eigenvalue weighted by Gasteiger charge is -2.32. The molecule has 0 aliphatic carbocycles. The second-order valence-electron chi connectivity index (χ2n) is 9.61. The van der Waals surface area contributed by atoms with Gasteiger partial charge in [0.15, 0.2) is 11.5 Å². The SMILES string of the molecule is CCC(C)NC(=O)C(C)N(Cc1ccccc1F)C(=O)CN(c1ccc(Cl)cc1)S(=O)(=O)c1ccc(OC)c(OC)c1. The molecule has 2 atom stereocenters. The Morgan fingerprint density at radius 3 is 2.21 bits per heavy atom. The number of carbonyl (C=O) groups excluding carboxylic acids is 2. The summed E-state index contributed by atoms with van der Waals surface area (Å²) in [6.45, 7) is 4.30. The van der Waals surface area contributed by atoms with Crippen LogP contribution >= 0.6 is 11.6 Å². The average molecular weight is 620 g/mol. The minimum Gasteiger partial charge on any atom is -0.493 e. The van der Waals surface area contributed by atoms with Gasteiger partial charge in [-0.15, -0.1) is 0 Å². The Hall–Kier alpha value is -3.83. The van der Waals surface area contributed by atoms with E-state index in [1.165, 1.54) is 86.7 Å². The van der Waals surface area contributed by atoms with Crippen molar-refractivity contribution < 1.29 is 31.9 Å². The van der Waals surface area contributed by atoms with Crippen molar-refractivity contribution in [2.75, 3.05) is 25.1 Å². The molecular weight excluding hydrogens is 585 g/mol. The third kappa shape index (κ3) is 7.71. The van der Waals surface area contributed by atoms with Gasteiger partial charge in [-0.2, -0.15) is 0 Å². The smallest absolute Gasteiger partial charge is 0.264 e. The van der Waals surface area contributed by atoms with E-state index in [4.69, 9.17) is 21.1 Å². The Morgan fingerprint density at radius 1 is 0.976 bits per heavy atom. The standard InChI is InChI=1S/C30H35ClFN3O6S/c1-6-20(2)33-30(37)21(3)34(18-22-9-7-8-10-26(22)32)29(36)19-35(24-13-11-23(31)12-14-24)42(38,39)25-15-16-27(40-4)28(17-25)41-5/h7-17,20-21H,6,18-19H2,1-5H3,(H,33,37). The van der Waals surface area contributed by atoms with Gasteiger partial charge in [0.05, 0.1) is 24.8 Å². The van der Waals surface area contributed by atoms with Crippen LogP contribution in [0.25, 0.3) is 0 Å². The van der Waals surface area contributed by atoms with E-state index in [9.17, 15) is 22.4 Å². The quantitative estimate of drug-likeness (QED) is 0.288. The number of hydrogen-bond donors (Lipinski definition) is 1. The Morgan fingerprint density at radius 2 is 1.62 bits per heavy atom. The first-order chi connectivity index (χ1) is 19.9. The minimum atomic E-state index is -4.37. The normalized spacial score (nSPS) is 12.6. The molecule has 0 spiro atoms. The van der Waals surface area contributed by atoms with Gasteiger partial charge in [0.2, 0.25) is 11.8 Å². The highest BCUT2D eigenvalue weighted by atomic mass is 35.5. The number of halogens is 2. The molecule has 0 fully saturated rings. The monoisotopic (exact) mass is 619 g/mol. The van der Waals surface area contributed by atoms with E-state index in [1.807, 2.05) is 13.8 Å². The van der Waals surface area contributed by atoms with Gasteiger partial charge in [-0.1, -0.05) is 36.7 Å². The zero-order chi connectivity index (χ0) is 31.0. The van der Waals surface area contributed by atoms with E-state index in [1.54, 1.807) is 6.07 Å². The maximum Gasteiger partial charge on any atom is 0.264 e. The first kappa shape index (κ1) is 32.7. The average Bonchev–Trinajstić information content (AvgIpc) is 2.98. The largest absolute Gasteiger partial charge is 0.493 e. The summed E-state index contributed by atoms with van der Waals surface area (Å²) < 4.78 is 54.2. The fourth-order valence-electron chi connectivity index (χ4n) is 4.10. The highest BCUT2D eigenvalue weighted by molar-refractivity contribution is 7.92. The Kier molecular flexibility index (Phi) is 11.2. The van der Waals surface area contributed by atoms with Crippen LogP contribution in [0.2, 0.25) is 5.02 Å². The van der Waals surface area contributed by atoms with E-state index in [2.05, 4.69) is 5.32 Å². The number of amides is 2. The number of ether oxygens (including phenoxy) is 2. The summed E-state index contributed by atoms with van der Waals surface area (Å²) in [5.74, 6) is -1.23. The second-order valence-corrected chi connectivity index (χ2v) is 11.9. The first-order valence-corrected chi connectivity index (χ1v) is 15.1. The molecule has 12 heteroatoms. The van der Waals surface area contributed by atoms with Gasteiger partial charge in [0.25, 0.3) is 10.0 Å². The van der Waals surface area contributed by atoms with Gasteiger partial charge in [0, 0.05) is 29.2 Å². The molecule has 0 saturated heterocycles. The van der Waals surface area contributed by atoms with Gasteiger partial charge >= 0.3 is 0 Å². The van der Waals surface area contributed by atoms with E-state index >= 15 is 0 Å². The van der Waals surface area contributed by atoms with Crippen LogP contribution < -0.4 is 19.1 Å². The van der Waals surface area contributed by atoms with Crippen LogP contribution in [0.4, 0.5) is 10.1 Å². The molecule has 0 heterocycles. The van der Waals surface area contributed by atoms with Crippen molar-refractivity contribution in [3.63, 3.8) is 0 Å². The van der Waals surface area contributed by atoms with Crippen molar-refractivity contribution in [3.8, 4) is 11.5 Å². The predicted octanol–water partition coefficient (Wildman–Crippen LogP) is 5.02. The molecule has 0 aliphatic heterocycles. The van der Waals surface area contributed by atoms with Gasteiger partial charge in [0.1, 0.15) is 18.4 Å². The highest BCUT2D eigenvalue weighted by Crippen LogP contribution is 2.32. The number of nitrogens with one attached hydrogen (secondary N) is 1. The minimum absolute atomic E-state index is 0.157. The van der Waals surface area contributed by atoms with Crippen LogP contribution in [-0.4, -0.2) is 58.0 Å². The molecule has 0 saturated carbocycles. The fraction of sp³-hybridized carbons (Fsp3) is 0.333. The molecule has 9 nitrogen and oxygen atoms in total. The lowest BCUT2D eigenvalue weighted by Crippen LogP contribution is -2.52. The maximum atomic E-state index is 14.7. The second kappa shape index (κ2) is 14.4. The van der Waals surface area contributed by atoms with Crippen LogP contribution in [0, 0.1) is 5.82 Å². The van der Waals surface area contributed by atoms with Crippen molar-refractivity contribution in [2.24, 2.45) is 0 Å². The van der Waals surface area contributed by atoms with Crippen LogP contribution in [0.3, 0.4) is 0 Å². The summed E-state index contributed by atoms with van der Waals surface area (Å²) >= 11 is 6.06. The van der Waals surface area contributed by atoms with Crippen molar-refractivity contribution in [1.82, 2.24) is 10.2 Å². The summed E-state index contributed by atoms with van der Waals surface area (Å²) in [6.07, 6.45) is 0.660. The number of rotatable bonds is 13. The van der Waals surface area contributed by atoms with E-state index in [0.717, 1.165) is 4.31 Å². The summed E-state index contributed by atoms with van der Waals surface area (Å²) in [5.41, 5.74) is 0.333. The molecule has 2 amide bonds. The molecule has 0 radical (unpaired) electrons. The molecule has 0 bridgehead atoms. The zero-order valence-electron chi connectivity index (χ0n) is 24.1. The Labute approximate surface area is 251 Å². The Bertz CT molecular complexity index is 1500. The topological polar surface area (TPSA) is 105 Å². The van der Waals surface area contributed by atoms with Crippen LogP contribution in [0.5, 0.6) is 11.5 Å². The number of benzene rings is 3. The van der Waals surface area contributed by atoms with Crippen molar-refractivity contribution in [3.05, 3.63) is 83.1 Å². The molecule has 3 aromatic rings. The summed E-state index contributed by atoms with van der Waals surface area (Å²) in [7, 11) is -1.57. The fourth-order valence-corrected chi connectivity index (χ4v) is 5.65. The van der Waals surface area contributed by atoms with E-state index < -0.39 is 40.2 Å². The maximum absolute atomic E-state index is 14.7. The lowest BCUT2D eigenvalue weighted by atomic mass is 10.1. The number of sulfonamides is 1. The summed E-state index contributed by atoms with van der Waals surface area (Å²) in [5, 5.41) is 3.20. The molecule has 3 aromatic carbocycles. The summed E-state index contributed by atoms with van der Waals surface area (Å²) in [4.78, 5) is 28.1. The van der Waals surface area contributed by atoms with Crippen molar-refractivity contribution >= 4 is 39.1 Å². The molecule has 0 aliphatic rings. The van der Waals surface area contributed by atoms with Crippen LogP contribution in [-0.2, 0) is 26.2 Å².